The zero-order valence-electron chi connectivity index (χ0n) is 16.1. The van der Waals surface area contributed by atoms with Crippen LogP contribution in [-0.4, -0.2) is 22.2 Å². The Balaban J connectivity index is 1.88. The fraction of sp³-hybridized carbons (Fsp3) is 0.304. The van der Waals surface area contributed by atoms with E-state index in [0.717, 1.165) is 34.9 Å². The van der Waals surface area contributed by atoms with Crippen molar-refractivity contribution in [1.82, 2.24) is 9.88 Å². The third-order valence-electron chi connectivity index (χ3n) is 4.92. The first-order valence-corrected chi connectivity index (χ1v) is 9.73. The Bertz CT molecular complexity index is 1010. The van der Waals surface area contributed by atoms with E-state index >= 15 is 0 Å². The number of fused-ring (bicyclic) bond motifs is 1. The molecule has 0 spiro atoms. The molecule has 0 saturated heterocycles. The van der Waals surface area contributed by atoms with E-state index in [1.54, 1.807) is 22.8 Å². The number of aryl methyl sites for hydroxylation is 2. The Morgan fingerprint density at radius 2 is 1.86 bits per heavy atom. The van der Waals surface area contributed by atoms with Crippen molar-refractivity contribution in [1.29, 1.82) is 0 Å². The largest absolute Gasteiger partial charge is 0.396 e. The molecule has 3 aromatic rings. The summed E-state index contributed by atoms with van der Waals surface area (Å²) in [6.45, 7) is 3.14. The summed E-state index contributed by atoms with van der Waals surface area (Å²) in [5, 5.41) is 13.0. The molecule has 0 radical (unpaired) electrons. The molecule has 0 atom stereocenters. The second-order valence-corrected chi connectivity index (χ2v) is 6.83. The maximum absolute atomic E-state index is 12.4. The van der Waals surface area contributed by atoms with Crippen LogP contribution in [-0.2, 0) is 19.5 Å². The zero-order chi connectivity index (χ0) is 19.9. The highest BCUT2D eigenvalue weighted by Gasteiger charge is 2.10. The van der Waals surface area contributed by atoms with Crippen molar-refractivity contribution in [2.45, 2.75) is 39.3 Å². The number of nitrogens with zero attached hydrogens (tertiary/aromatic N) is 1. The number of benzene rings is 2. The highest BCUT2D eigenvalue weighted by molar-refractivity contribution is 5.94. The number of carbonyl (C=O) groups is 1. The molecule has 5 nitrogen and oxygen atoms in total. The maximum atomic E-state index is 12.4. The third-order valence-corrected chi connectivity index (χ3v) is 4.92. The number of hydrogen-bond donors (Lipinski definition) is 2. The molecule has 3 rings (SSSR count). The van der Waals surface area contributed by atoms with Gasteiger partial charge < -0.3 is 15.0 Å². The molecule has 0 bridgehead atoms. The van der Waals surface area contributed by atoms with E-state index in [1.165, 1.54) is 0 Å². The van der Waals surface area contributed by atoms with Gasteiger partial charge in [0.05, 0.1) is 5.52 Å². The molecule has 0 fully saturated rings. The smallest absolute Gasteiger partial charge is 0.251 e. The number of aliphatic hydroxyl groups is 1. The van der Waals surface area contributed by atoms with Crippen LogP contribution in [0.15, 0.2) is 59.4 Å². The van der Waals surface area contributed by atoms with Crippen molar-refractivity contribution in [2.75, 3.05) is 6.61 Å². The lowest BCUT2D eigenvalue weighted by Gasteiger charge is -2.14. The van der Waals surface area contributed by atoms with Crippen LogP contribution in [0.1, 0.15) is 41.3 Å². The average molecular weight is 378 g/mol. The molecule has 0 aliphatic heterocycles. The minimum absolute atomic E-state index is 0.000807. The Labute approximate surface area is 164 Å². The highest BCUT2D eigenvalue weighted by atomic mass is 16.3. The van der Waals surface area contributed by atoms with Gasteiger partial charge in [-0.25, -0.2) is 0 Å². The summed E-state index contributed by atoms with van der Waals surface area (Å²) in [7, 11) is 0. The van der Waals surface area contributed by atoms with Crippen molar-refractivity contribution in [3.63, 3.8) is 0 Å². The SMILES string of the molecule is CCn1c(=O)cc(CCCCO)c2cc(CNC(=O)c3ccccc3)ccc21. The Hall–Kier alpha value is -2.92. The van der Waals surface area contributed by atoms with Gasteiger partial charge in [0.1, 0.15) is 0 Å². The van der Waals surface area contributed by atoms with E-state index in [2.05, 4.69) is 11.4 Å². The number of rotatable bonds is 8. The summed E-state index contributed by atoms with van der Waals surface area (Å²) in [6, 6.07) is 16.8. The molecular weight excluding hydrogens is 352 g/mol. The van der Waals surface area contributed by atoms with Gasteiger partial charge in [-0.05, 0) is 61.6 Å². The molecule has 2 N–H and O–H groups in total. The Morgan fingerprint density at radius 3 is 2.57 bits per heavy atom. The predicted octanol–water partition coefficient (Wildman–Crippen LogP) is 3.27. The van der Waals surface area contributed by atoms with Crippen LogP contribution in [0.3, 0.4) is 0 Å². The molecule has 2 aromatic carbocycles. The fourth-order valence-corrected chi connectivity index (χ4v) is 3.44. The lowest BCUT2D eigenvalue weighted by atomic mass is 10.0. The summed E-state index contributed by atoms with van der Waals surface area (Å²) in [5.41, 5.74) is 3.52. The van der Waals surface area contributed by atoms with Gasteiger partial charge in [0.15, 0.2) is 0 Å². The zero-order valence-corrected chi connectivity index (χ0v) is 16.1. The molecule has 0 unspecified atom stereocenters. The molecule has 0 saturated carbocycles. The van der Waals surface area contributed by atoms with Gasteiger partial charge in [0, 0.05) is 36.7 Å². The molecule has 1 heterocycles. The summed E-state index contributed by atoms with van der Waals surface area (Å²) < 4.78 is 1.76. The second kappa shape index (κ2) is 9.33. The van der Waals surface area contributed by atoms with Crippen LogP contribution in [0.2, 0.25) is 0 Å². The van der Waals surface area contributed by atoms with Crippen molar-refractivity contribution in [3.05, 3.63) is 81.6 Å². The number of aliphatic hydroxyl groups excluding tert-OH is 1. The predicted molar refractivity (Wildman–Crippen MR) is 112 cm³/mol. The second-order valence-electron chi connectivity index (χ2n) is 6.83. The molecule has 1 aromatic heterocycles. The minimum Gasteiger partial charge on any atom is -0.396 e. The van der Waals surface area contributed by atoms with Gasteiger partial charge in [0.2, 0.25) is 0 Å². The first kappa shape index (κ1) is 19.8. The molecule has 5 heteroatoms. The lowest BCUT2D eigenvalue weighted by Crippen LogP contribution is -2.23. The lowest BCUT2D eigenvalue weighted by molar-refractivity contribution is 0.0951. The van der Waals surface area contributed by atoms with E-state index < -0.39 is 0 Å². The number of nitrogens with one attached hydrogen (secondary N) is 1. The molecule has 0 aliphatic carbocycles. The van der Waals surface area contributed by atoms with Crippen LogP contribution in [0.5, 0.6) is 0 Å². The van der Waals surface area contributed by atoms with Gasteiger partial charge in [-0.15, -0.1) is 0 Å². The van der Waals surface area contributed by atoms with Gasteiger partial charge in [-0.3, -0.25) is 9.59 Å². The number of hydrogen-bond acceptors (Lipinski definition) is 3. The standard InChI is InChI=1S/C23H26N2O3/c1-2-25-21-12-11-17(16-24-23(28)18-8-4-3-5-9-18)14-20(21)19(15-22(25)27)10-6-7-13-26/h3-5,8-9,11-12,14-15,26H,2,6-7,10,13,16H2,1H3,(H,24,28). The normalized spacial score (nSPS) is 10.9. The van der Waals surface area contributed by atoms with E-state index in [9.17, 15) is 9.59 Å². The van der Waals surface area contributed by atoms with Crippen LogP contribution in [0.4, 0.5) is 0 Å². The first-order chi connectivity index (χ1) is 13.6. The van der Waals surface area contributed by atoms with Gasteiger partial charge in [-0.1, -0.05) is 24.3 Å². The molecular formula is C23H26N2O3. The van der Waals surface area contributed by atoms with Crippen molar-refractivity contribution < 1.29 is 9.90 Å². The van der Waals surface area contributed by atoms with Gasteiger partial charge in [0.25, 0.3) is 11.5 Å². The van der Waals surface area contributed by atoms with E-state index in [1.807, 2.05) is 37.3 Å². The Morgan fingerprint density at radius 1 is 1.07 bits per heavy atom. The first-order valence-electron chi connectivity index (χ1n) is 9.73. The summed E-state index contributed by atoms with van der Waals surface area (Å²) in [6.07, 6.45) is 2.29. The molecule has 28 heavy (non-hydrogen) atoms. The molecule has 1 amide bonds. The van der Waals surface area contributed by atoms with Crippen LogP contribution < -0.4 is 10.9 Å². The van der Waals surface area contributed by atoms with E-state index in [-0.39, 0.29) is 18.1 Å². The van der Waals surface area contributed by atoms with Crippen LogP contribution in [0.25, 0.3) is 10.9 Å². The molecule has 0 aliphatic rings. The number of unbranched alkanes of at least 4 members (excludes halogenated alkanes) is 1. The van der Waals surface area contributed by atoms with Gasteiger partial charge in [-0.2, -0.15) is 0 Å². The van der Waals surface area contributed by atoms with Crippen LogP contribution >= 0.6 is 0 Å². The monoisotopic (exact) mass is 378 g/mol. The van der Waals surface area contributed by atoms with E-state index in [0.29, 0.717) is 25.1 Å². The number of carbonyl (C=O) groups excluding carboxylic acids is 1. The van der Waals surface area contributed by atoms with Crippen molar-refractivity contribution in [2.24, 2.45) is 0 Å². The van der Waals surface area contributed by atoms with Gasteiger partial charge >= 0.3 is 0 Å². The number of pyridine rings is 1. The quantitative estimate of drug-likeness (QED) is 0.591. The number of amides is 1. The molecule has 146 valence electrons. The summed E-state index contributed by atoms with van der Waals surface area (Å²) in [4.78, 5) is 24.7. The Kier molecular flexibility index (Phi) is 6.61. The summed E-state index contributed by atoms with van der Waals surface area (Å²) >= 11 is 0. The van der Waals surface area contributed by atoms with E-state index in [4.69, 9.17) is 5.11 Å². The average Bonchev–Trinajstić information content (AvgIpc) is 2.73. The highest BCUT2D eigenvalue weighted by Crippen LogP contribution is 2.21. The number of aromatic nitrogens is 1. The minimum atomic E-state index is -0.109. The van der Waals surface area contributed by atoms with Crippen LogP contribution in [0, 0.1) is 0 Å². The third kappa shape index (κ3) is 4.49. The van der Waals surface area contributed by atoms with Crippen molar-refractivity contribution >= 4 is 16.8 Å². The maximum Gasteiger partial charge on any atom is 0.251 e. The summed E-state index contributed by atoms with van der Waals surface area (Å²) in [5.74, 6) is -0.109. The fourth-order valence-electron chi connectivity index (χ4n) is 3.44. The topological polar surface area (TPSA) is 71.3 Å². The van der Waals surface area contributed by atoms with Crippen molar-refractivity contribution in [3.8, 4) is 0 Å².